The van der Waals surface area contributed by atoms with Crippen LogP contribution in [0.3, 0.4) is 0 Å². The number of rotatable bonds is 5. The molecule has 94 valence electrons. The van der Waals surface area contributed by atoms with Crippen molar-refractivity contribution in [3.05, 3.63) is 66.5 Å². The standard InChI is InChI=1S/C16H20N2/c1-6-8-9-14(7-2)15-10-13(5)16(17-11-15)18-12(3)4/h6-11H,2-3H2,1,4-5H3,(H,17,18)/b8-6-,14-9+. The molecule has 2 heteroatoms. The highest BCUT2D eigenvalue weighted by molar-refractivity contribution is 5.75. The Labute approximate surface area is 109 Å². The van der Waals surface area contributed by atoms with E-state index < -0.39 is 0 Å². The topological polar surface area (TPSA) is 24.9 Å². The summed E-state index contributed by atoms with van der Waals surface area (Å²) in [4.78, 5) is 4.41. The first kappa shape index (κ1) is 14.0. The van der Waals surface area contributed by atoms with Gasteiger partial charge in [-0.25, -0.2) is 4.98 Å². The fraction of sp³-hybridized carbons (Fsp3) is 0.188. The van der Waals surface area contributed by atoms with Crippen molar-refractivity contribution in [3.63, 3.8) is 0 Å². The van der Waals surface area contributed by atoms with Gasteiger partial charge >= 0.3 is 0 Å². The minimum Gasteiger partial charge on any atom is -0.344 e. The number of aromatic nitrogens is 1. The maximum absolute atomic E-state index is 4.41. The van der Waals surface area contributed by atoms with E-state index in [1.807, 2.05) is 51.3 Å². The van der Waals surface area contributed by atoms with Crippen LogP contribution >= 0.6 is 0 Å². The van der Waals surface area contributed by atoms with Gasteiger partial charge in [0.15, 0.2) is 0 Å². The Kier molecular flexibility index (Phi) is 5.12. The molecule has 0 amide bonds. The molecule has 0 fully saturated rings. The first-order valence-electron chi connectivity index (χ1n) is 5.93. The average molecular weight is 240 g/mol. The monoisotopic (exact) mass is 240 g/mol. The molecule has 1 heterocycles. The maximum Gasteiger partial charge on any atom is 0.132 e. The van der Waals surface area contributed by atoms with E-state index in [0.717, 1.165) is 28.2 Å². The molecule has 0 bridgehead atoms. The molecular formula is C16H20N2. The van der Waals surface area contributed by atoms with E-state index in [9.17, 15) is 0 Å². The van der Waals surface area contributed by atoms with E-state index in [2.05, 4.69) is 29.5 Å². The number of anilines is 1. The van der Waals surface area contributed by atoms with Crippen LogP contribution in [0.2, 0.25) is 0 Å². The van der Waals surface area contributed by atoms with Crippen molar-refractivity contribution in [1.82, 2.24) is 4.98 Å². The van der Waals surface area contributed by atoms with E-state index in [1.165, 1.54) is 0 Å². The van der Waals surface area contributed by atoms with Crippen molar-refractivity contribution in [3.8, 4) is 0 Å². The third kappa shape index (κ3) is 3.74. The van der Waals surface area contributed by atoms with Crippen LogP contribution < -0.4 is 5.32 Å². The van der Waals surface area contributed by atoms with Crippen LogP contribution in [0.5, 0.6) is 0 Å². The predicted octanol–water partition coefficient (Wildman–Crippen LogP) is 4.48. The van der Waals surface area contributed by atoms with E-state index >= 15 is 0 Å². The van der Waals surface area contributed by atoms with Crippen molar-refractivity contribution in [2.45, 2.75) is 20.8 Å². The van der Waals surface area contributed by atoms with Gasteiger partial charge in [-0.2, -0.15) is 0 Å². The van der Waals surface area contributed by atoms with Crippen molar-refractivity contribution >= 4 is 11.4 Å². The summed E-state index contributed by atoms with van der Waals surface area (Å²) in [6.07, 6.45) is 9.68. The Morgan fingerprint density at radius 1 is 1.44 bits per heavy atom. The highest BCUT2D eigenvalue weighted by Crippen LogP contribution is 2.20. The molecular weight excluding hydrogens is 220 g/mol. The Morgan fingerprint density at radius 3 is 2.67 bits per heavy atom. The highest BCUT2D eigenvalue weighted by atomic mass is 15.0. The van der Waals surface area contributed by atoms with Crippen LogP contribution in [0.4, 0.5) is 5.82 Å². The van der Waals surface area contributed by atoms with E-state index in [0.29, 0.717) is 0 Å². The molecule has 1 aromatic heterocycles. The molecule has 0 aliphatic rings. The molecule has 0 unspecified atom stereocenters. The van der Waals surface area contributed by atoms with Crippen LogP contribution in [-0.2, 0) is 0 Å². The Balaban J connectivity index is 3.09. The van der Waals surface area contributed by atoms with Gasteiger partial charge in [0.2, 0.25) is 0 Å². The van der Waals surface area contributed by atoms with Crippen LogP contribution in [0, 0.1) is 6.92 Å². The summed E-state index contributed by atoms with van der Waals surface area (Å²) in [5.41, 5.74) is 4.09. The number of aryl methyl sites for hydroxylation is 1. The van der Waals surface area contributed by atoms with Crippen LogP contribution in [-0.4, -0.2) is 4.98 Å². The maximum atomic E-state index is 4.41. The van der Waals surface area contributed by atoms with Crippen molar-refractivity contribution in [1.29, 1.82) is 0 Å². The minimum atomic E-state index is 0.848. The molecule has 0 saturated carbocycles. The molecule has 1 rings (SSSR count). The van der Waals surface area contributed by atoms with Crippen molar-refractivity contribution in [2.24, 2.45) is 0 Å². The molecule has 18 heavy (non-hydrogen) atoms. The molecule has 0 radical (unpaired) electrons. The van der Waals surface area contributed by atoms with Crippen LogP contribution in [0.25, 0.3) is 5.57 Å². The SMILES string of the molecule is C=C/C(=C\C=C/C)c1cnc(NC(=C)C)c(C)c1. The Hall–Kier alpha value is -2.09. The van der Waals surface area contributed by atoms with Crippen molar-refractivity contribution in [2.75, 3.05) is 5.32 Å². The number of nitrogens with one attached hydrogen (secondary N) is 1. The summed E-state index contributed by atoms with van der Waals surface area (Å²) >= 11 is 0. The first-order chi connectivity index (χ1) is 8.58. The summed E-state index contributed by atoms with van der Waals surface area (Å²) in [5.74, 6) is 0.848. The molecule has 0 saturated heterocycles. The Morgan fingerprint density at radius 2 is 2.17 bits per heavy atom. The van der Waals surface area contributed by atoms with E-state index in [-0.39, 0.29) is 0 Å². The second-order valence-electron chi connectivity index (χ2n) is 4.15. The third-order valence-corrected chi connectivity index (χ3v) is 2.43. The number of hydrogen-bond donors (Lipinski definition) is 1. The van der Waals surface area contributed by atoms with Gasteiger partial charge in [-0.1, -0.05) is 37.5 Å². The third-order valence-electron chi connectivity index (χ3n) is 2.43. The zero-order valence-electron chi connectivity index (χ0n) is 11.3. The smallest absolute Gasteiger partial charge is 0.132 e. The number of nitrogens with zero attached hydrogens (tertiary/aromatic N) is 1. The molecule has 1 aromatic rings. The van der Waals surface area contributed by atoms with Gasteiger partial charge in [-0.15, -0.1) is 0 Å². The van der Waals surface area contributed by atoms with Gasteiger partial charge in [-0.05, 0) is 38.0 Å². The summed E-state index contributed by atoms with van der Waals surface area (Å²) in [7, 11) is 0. The van der Waals surface area contributed by atoms with Gasteiger partial charge in [0.05, 0.1) is 0 Å². The minimum absolute atomic E-state index is 0.848. The fourth-order valence-electron chi connectivity index (χ4n) is 1.55. The fourth-order valence-corrected chi connectivity index (χ4v) is 1.55. The normalized spacial score (nSPS) is 11.6. The lowest BCUT2D eigenvalue weighted by atomic mass is 10.1. The van der Waals surface area contributed by atoms with E-state index in [4.69, 9.17) is 0 Å². The molecule has 2 nitrogen and oxygen atoms in total. The van der Waals surface area contributed by atoms with E-state index in [1.54, 1.807) is 0 Å². The van der Waals surface area contributed by atoms with Gasteiger partial charge in [0.1, 0.15) is 5.82 Å². The lowest BCUT2D eigenvalue weighted by Crippen LogP contribution is -2.00. The van der Waals surface area contributed by atoms with Gasteiger partial charge < -0.3 is 5.32 Å². The summed E-state index contributed by atoms with van der Waals surface area (Å²) < 4.78 is 0. The summed E-state index contributed by atoms with van der Waals surface area (Å²) in [5, 5.41) is 3.14. The highest BCUT2D eigenvalue weighted by Gasteiger charge is 2.03. The number of hydrogen-bond acceptors (Lipinski definition) is 2. The quantitative estimate of drug-likeness (QED) is 0.767. The lowest BCUT2D eigenvalue weighted by Gasteiger charge is -2.10. The second kappa shape index (κ2) is 6.60. The first-order valence-corrected chi connectivity index (χ1v) is 5.93. The zero-order chi connectivity index (χ0) is 13.5. The van der Waals surface area contributed by atoms with Crippen LogP contribution in [0.1, 0.15) is 25.0 Å². The second-order valence-corrected chi connectivity index (χ2v) is 4.15. The Bertz CT molecular complexity index is 508. The zero-order valence-corrected chi connectivity index (χ0v) is 11.3. The molecule has 0 aromatic carbocycles. The summed E-state index contributed by atoms with van der Waals surface area (Å²) in [6, 6.07) is 2.09. The van der Waals surface area contributed by atoms with Crippen molar-refractivity contribution < 1.29 is 0 Å². The predicted molar refractivity (Wildman–Crippen MR) is 80.4 cm³/mol. The number of pyridine rings is 1. The van der Waals surface area contributed by atoms with Gasteiger partial charge in [0, 0.05) is 17.5 Å². The molecule has 0 atom stereocenters. The van der Waals surface area contributed by atoms with Gasteiger partial charge in [0.25, 0.3) is 0 Å². The van der Waals surface area contributed by atoms with Crippen LogP contribution in [0.15, 0.2) is 55.4 Å². The molecule has 1 N–H and O–H groups in total. The average Bonchev–Trinajstić information content (AvgIpc) is 2.33. The van der Waals surface area contributed by atoms with Gasteiger partial charge in [-0.3, -0.25) is 0 Å². The lowest BCUT2D eigenvalue weighted by molar-refractivity contribution is 1.21. The molecule has 0 spiro atoms. The number of allylic oxidation sites excluding steroid dienone is 6. The molecule has 0 aliphatic carbocycles. The largest absolute Gasteiger partial charge is 0.344 e. The summed E-state index contributed by atoms with van der Waals surface area (Å²) in [6.45, 7) is 13.6. The molecule has 0 aliphatic heterocycles.